The normalized spacial score (nSPS) is 11.6. The van der Waals surface area contributed by atoms with Crippen LogP contribution in [0.2, 0.25) is 5.02 Å². The van der Waals surface area contributed by atoms with Crippen molar-refractivity contribution in [3.8, 4) is 0 Å². The van der Waals surface area contributed by atoms with Gasteiger partial charge in [0, 0.05) is 10.9 Å². The molecule has 0 aliphatic heterocycles. The van der Waals surface area contributed by atoms with Crippen LogP contribution in [0.3, 0.4) is 0 Å². The van der Waals surface area contributed by atoms with E-state index in [1.165, 1.54) is 12.1 Å². The van der Waals surface area contributed by atoms with E-state index in [1.54, 1.807) is 31.2 Å². The molecule has 3 aromatic rings. The van der Waals surface area contributed by atoms with Crippen LogP contribution in [0.1, 0.15) is 23.0 Å². The number of aromatic amines is 1. The molecular formula is C17H12ClFN4O2. The third kappa shape index (κ3) is 3.41. The van der Waals surface area contributed by atoms with Crippen LogP contribution in [0.4, 0.5) is 4.39 Å². The minimum Gasteiger partial charge on any atom is -0.267 e. The Balaban J connectivity index is 1.90. The van der Waals surface area contributed by atoms with Gasteiger partial charge in [0.05, 0.1) is 16.1 Å². The molecule has 0 saturated carbocycles. The summed E-state index contributed by atoms with van der Waals surface area (Å²) in [5, 5.41) is 11.0. The van der Waals surface area contributed by atoms with E-state index in [0.717, 1.165) is 6.07 Å². The molecule has 3 rings (SSSR count). The molecule has 0 atom stereocenters. The van der Waals surface area contributed by atoms with Gasteiger partial charge in [-0.15, -0.1) is 0 Å². The molecule has 25 heavy (non-hydrogen) atoms. The molecule has 0 fully saturated rings. The monoisotopic (exact) mass is 358 g/mol. The minimum atomic E-state index is -0.593. The Morgan fingerprint density at radius 3 is 2.68 bits per heavy atom. The van der Waals surface area contributed by atoms with E-state index < -0.39 is 11.7 Å². The van der Waals surface area contributed by atoms with Gasteiger partial charge < -0.3 is 0 Å². The molecule has 2 N–H and O–H groups in total. The van der Waals surface area contributed by atoms with Gasteiger partial charge in [-0.1, -0.05) is 29.8 Å². The quantitative estimate of drug-likeness (QED) is 0.557. The van der Waals surface area contributed by atoms with Gasteiger partial charge in [0.15, 0.2) is 5.69 Å². The summed E-state index contributed by atoms with van der Waals surface area (Å²) in [6, 6.07) is 10.5. The Morgan fingerprint density at radius 1 is 1.24 bits per heavy atom. The molecule has 1 aromatic heterocycles. The first kappa shape index (κ1) is 16.8. The minimum absolute atomic E-state index is 0.0388. The molecule has 8 heteroatoms. The number of benzene rings is 2. The highest BCUT2D eigenvalue weighted by Gasteiger charge is 2.14. The van der Waals surface area contributed by atoms with Gasteiger partial charge in [0.25, 0.3) is 11.5 Å². The summed E-state index contributed by atoms with van der Waals surface area (Å²) in [5.41, 5.74) is 2.90. The van der Waals surface area contributed by atoms with Crippen LogP contribution in [0.15, 0.2) is 52.4 Å². The van der Waals surface area contributed by atoms with Gasteiger partial charge in [-0.25, -0.2) is 14.9 Å². The number of hydrogen-bond acceptors (Lipinski definition) is 4. The number of halogens is 2. The number of hydrazone groups is 1. The van der Waals surface area contributed by atoms with Crippen molar-refractivity contribution in [2.24, 2.45) is 5.10 Å². The summed E-state index contributed by atoms with van der Waals surface area (Å²) in [4.78, 5) is 24.1. The van der Waals surface area contributed by atoms with Gasteiger partial charge >= 0.3 is 0 Å². The Morgan fingerprint density at radius 2 is 1.96 bits per heavy atom. The van der Waals surface area contributed by atoms with Crippen molar-refractivity contribution in [3.05, 3.63) is 74.9 Å². The second-order valence-corrected chi connectivity index (χ2v) is 5.62. The summed E-state index contributed by atoms with van der Waals surface area (Å²) in [6.45, 7) is 1.62. The molecule has 1 heterocycles. The summed E-state index contributed by atoms with van der Waals surface area (Å²) in [5.74, 6) is -1.06. The van der Waals surface area contributed by atoms with Crippen LogP contribution in [0.25, 0.3) is 10.8 Å². The SMILES string of the molecule is C/C(=N\NC(=O)c1n[nH]c(=O)c2ccccc12)c1ccc(F)cc1Cl. The lowest BCUT2D eigenvalue weighted by atomic mass is 10.1. The third-order valence-electron chi connectivity index (χ3n) is 3.56. The molecule has 0 aliphatic carbocycles. The maximum Gasteiger partial charge on any atom is 0.292 e. The van der Waals surface area contributed by atoms with Gasteiger partial charge in [-0.2, -0.15) is 10.2 Å². The van der Waals surface area contributed by atoms with Gasteiger partial charge in [0.2, 0.25) is 0 Å². The van der Waals surface area contributed by atoms with Gasteiger partial charge in [-0.05, 0) is 31.2 Å². The van der Waals surface area contributed by atoms with E-state index in [1.807, 2.05) is 0 Å². The fourth-order valence-corrected chi connectivity index (χ4v) is 2.62. The van der Waals surface area contributed by atoms with E-state index in [2.05, 4.69) is 20.7 Å². The Kier molecular flexibility index (Phi) is 4.58. The number of H-pyrrole nitrogens is 1. The number of hydrogen-bond donors (Lipinski definition) is 2. The average Bonchev–Trinajstić information content (AvgIpc) is 2.60. The highest BCUT2D eigenvalue weighted by Crippen LogP contribution is 2.18. The summed E-state index contributed by atoms with van der Waals surface area (Å²) in [7, 11) is 0. The molecule has 126 valence electrons. The van der Waals surface area contributed by atoms with Crippen molar-refractivity contribution in [2.45, 2.75) is 6.92 Å². The number of fused-ring (bicyclic) bond motifs is 1. The zero-order valence-corrected chi connectivity index (χ0v) is 13.8. The average molecular weight is 359 g/mol. The zero-order chi connectivity index (χ0) is 18.0. The van der Waals surface area contributed by atoms with E-state index in [-0.39, 0.29) is 16.3 Å². The molecule has 0 spiro atoms. The smallest absolute Gasteiger partial charge is 0.267 e. The van der Waals surface area contributed by atoms with E-state index in [4.69, 9.17) is 11.6 Å². The Hall–Kier alpha value is -3.06. The van der Waals surface area contributed by atoms with Crippen molar-refractivity contribution < 1.29 is 9.18 Å². The van der Waals surface area contributed by atoms with Crippen LogP contribution in [-0.2, 0) is 0 Å². The van der Waals surface area contributed by atoms with Gasteiger partial charge in [0.1, 0.15) is 5.82 Å². The van der Waals surface area contributed by atoms with Crippen LogP contribution in [0.5, 0.6) is 0 Å². The fourth-order valence-electron chi connectivity index (χ4n) is 2.32. The molecule has 0 saturated heterocycles. The maximum absolute atomic E-state index is 13.1. The zero-order valence-electron chi connectivity index (χ0n) is 13.0. The first-order valence-electron chi connectivity index (χ1n) is 7.25. The predicted octanol–water partition coefficient (Wildman–Crippen LogP) is 2.87. The Bertz CT molecular complexity index is 1060. The molecule has 0 bridgehead atoms. The highest BCUT2D eigenvalue weighted by atomic mass is 35.5. The lowest BCUT2D eigenvalue weighted by Gasteiger charge is -2.06. The van der Waals surface area contributed by atoms with Crippen molar-refractivity contribution in [3.63, 3.8) is 0 Å². The van der Waals surface area contributed by atoms with Crippen LogP contribution < -0.4 is 11.0 Å². The molecule has 1 amide bonds. The number of amides is 1. The second-order valence-electron chi connectivity index (χ2n) is 5.21. The number of nitrogens with zero attached hydrogens (tertiary/aromatic N) is 2. The molecule has 2 aromatic carbocycles. The first-order valence-corrected chi connectivity index (χ1v) is 7.62. The maximum atomic E-state index is 13.1. The molecular weight excluding hydrogens is 347 g/mol. The summed E-state index contributed by atoms with van der Waals surface area (Å²) < 4.78 is 13.1. The van der Waals surface area contributed by atoms with Crippen molar-refractivity contribution >= 4 is 34.0 Å². The predicted molar refractivity (Wildman–Crippen MR) is 93.5 cm³/mol. The molecule has 0 unspecified atom stereocenters. The number of rotatable bonds is 3. The van der Waals surface area contributed by atoms with Crippen LogP contribution in [-0.4, -0.2) is 21.8 Å². The van der Waals surface area contributed by atoms with Crippen molar-refractivity contribution in [2.75, 3.05) is 0 Å². The summed E-state index contributed by atoms with van der Waals surface area (Å²) in [6.07, 6.45) is 0. The fraction of sp³-hybridized carbons (Fsp3) is 0.0588. The van der Waals surface area contributed by atoms with Crippen molar-refractivity contribution in [1.82, 2.24) is 15.6 Å². The number of nitrogens with one attached hydrogen (secondary N) is 2. The van der Waals surface area contributed by atoms with Crippen molar-refractivity contribution in [1.29, 1.82) is 0 Å². The second kappa shape index (κ2) is 6.82. The molecule has 6 nitrogen and oxygen atoms in total. The largest absolute Gasteiger partial charge is 0.292 e. The first-order chi connectivity index (χ1) is 12.0. The molecule has 0 radical (unpaired) electrons. The number of carbonyl (C=O) groups excluding carboxylic acids is 1. The lowest BCUT2D eigenvalue weighted by molar-refractivity contribution is 0.0950. The van der Waals surface area contributed by atoms with E-state index in [0.29, 0.717) is 22.0 Å². The standard InChI is InChI=1S/C17H12ClFN4O2/c1-9(11-7-6-10(19)8-14(11)18)20-23-17(25)15-12-4-2-3-5-13(12)16(24)22-21-15/h2-8H,1H3,(H,22,24)(H,23,25)/b20-9+. The highest BCUT2D eigenvalue weighted by molar-refractivity contribution is 6.34. The van der Waals surface area contributed by atoms with Crippen LogP contribution >= 0.6 is 11.6 Å². The van der Waals surface area contributed by atoms with Gasteiger partial charge in [-0.3, -0.25) is 9.59 Å². The summed E-state index contributed by atoms with van der Waals surface area (Å²) >= 11 is 5.97. The Labute approximate surface area is 146 Å². The number of carbonyl (C=O) groups is 1. The lowest BCUT2D eigenvalue weighted by Crippen LogP contribution is -2.23. The van der Waals surface area contributed by atoms with E-state index >= 15 is 0 Å². The number of aromatic nitrogens is 2. The van der Waals surface area contributed by atoms with E-state index in [9.17, 15) is 14.0 Å². The topological polar surface area (TPSA) is 87.2 Å². The van der Waals surface area contributed by atoms with Crippen LogP contribution in [0, 0.1) is 5.82 Å². The third-order valence-corrected chi connectivity index (χ3v) is 3.87. The molecule has 0 aliphatic rings.